The van der Waals surface area contributed by atoms with Crippen molar-refractivity contribution in [2.24, 2.45) is 0 Å². The van der Waals surface area contributed by atoms with Gasteiger partial charge in [-0.25, -0.2) is 0 Å². The van der Waals surface area contributed by atoms with E-state index in [1.165, 1.54) is 16.2 Å². The smallest absolute Gasteiger partial charge is 0.143 e. The summed E-state index contributed by atoms with van der Waals surface area (Å²) in [6, 6.07) is 53.7. The van der Waals surface area contributed by atoms with Gasteiger partial charge in [-0.3, -0.25) is 0 Å². The molecule has 0 aliphatic rings. The number of furan rings is 1. The molecule has 0 amide bonds. The van der Waals surface area contributed by atoms with Crippen LogP contribution in [0.5, 0.6) is 0 Å². The summed E-state index contributed by atoms with van der Waals surface area (Å²) < 4.78 is 6.54. The van der Waals surface area contributed by atoms with E-state index in [0.717, 1.165) is 55.5 Å². The highest BCUT2D eigenvalue weighted by molar-refractivity contribution is 6.20. The van der Waals surface area contributed by atoms with Gasteiger partial charge in [-0.1, -0.05) is 115 Å². The fraction of sp³-hybridized carbons (Fsp3) is 0. The van der Waals surface area contributed by atoms with E-state index in [2.05, 4.69) is 157 Å². The standard InChI is InChI=1S/C38H25NO/c1-2-15-28(16-3-1)39(34-22-10-14-26-12-4-6-17-29(26)34)35-21-9-8-19-31(35)32-20-11-23-36-37(32)33-25-24-27-13-5-7-18-30(27)38(33)40-36/h1-25H. The Kier molecular flexibility index (Phi) is 5.17. The summed E-state index contributed by atoms with van der Waals surface area (Å²) in [7, 11) is 0. The van der Waals surface area contributed by atoms with Crippen molar-refractivity contribution in [3.05, 3.63) is 152 Å². The third-order valence-electron chi connectivity index (χ3n) is 7.84. The van der Waals surface area contributed by atoms with Crippen LogP contribution < -0.4 is 4.90 Å². The molecule has 40 heavy (non-hydrogen) atoms. The van der Waals surface area contributed by atoms with Gasteiger partial charge in [0.25, 0.3) is 0 Å². The van der Waals surface area contributed by atoms with Crippen LogP contribution in [0.1, 0.15) is 0 Å². The molecule has 0 spiro atoms. The average Bonchev–Trinajstić information content (AvgIpc) is 3.42. The van der Waals surface area contributed by atoms with Crippen molar-refractivity contribution >= 4 is 60.5 Å². The predicted molar refractivity (Wildman–Crippen MR) is 169 cm³/mol. The summed E-state index contributed by atoms with van der Waals surface area (Å²) in [5, 5.41) is 7.02. The molecule has 0 radical (unpaired) electrons. The van der Waals surface area contributed by atoms with Gasteiger partial charge in [0.05, 0.1) is 11.4 Å². The molecule has 7 aromatic carbocycles. The maximum Gasteiger partial charge on any atom is 0.143 e. The second kappa shape index (κ2) is 9.14. The number of rotatable bonds is 4. The van der Waals surface area contributed by atoms with E-state index in [1.807, 2.05) is 0 Å². The third-order valence-corrected chi connectivity index (χ3v) is 7.84. The predicted octanol–water partition coefficient (Wildman–Crippen LogP) is 11.0. The molecule has 0 aliphatic heterocycles. The number of benzene rings is 7. The maximum absolute atomic E-state index is 6.54. The van der Waals surface area contributed by atoms with E-state index in [-0.39, 0.29) is 0 Å². The Hall–Kier alpha value is -5.34. The highest BCUT2D eigenvalue weighted by Crippen LogP contribution is 2.46. The van der Waals surface area contributed by atoms with Crippen LogP contribution >= 0.6 is 0 Å². The largest absolute Gasteiger partial charge is 0.455 e. The Balaban J connectivity index is 1.44. The van der Waals surface area contributed by atoms with E-state index in [9.17, 15) is 0 Å². The van der Waals surface area contributed by atoms with Crippen LogP contribution in [-0.2, 0) is 0 Å². The minimum absolute atomic E-state index is 0.898. The lowest BCUT2D eigenvalue weighted by Crippen LogP contribution is -2.11. The molecule has 8 aromatic rings. The monoisotopic (exact) mass is 511 g/mol. The van der Waals surface area contributed by atoms with Gasteiger partial charge in [0, 0.05) is 32.8 Å². The summed E-state index contributed by atoms with van der Waals surface area (Å²) in [4.78, 5) is 2.38. The summed E-state index contributed by atoms with van der Waals surface area (Å²) >= 11 is 0. The normalized spacial score (nSPS) is 11.5. The maximum atomic E-state index is 6.54. The van der Waals surface area contributed by atoms with Gasteiger partial charge in [0.2, 0.25) is 0 Å². The van der Waals surface area contributed by atoms with Gasteiger partial charge in [-0.05, 0) is 52.7 Å². The van der Waals surface area contributed by atoms with E-state index in [4.69, 9.17) is 4.42 Å². The summed E-state index contributed by atoms with van der Waals surface area (Å²) in [5.41, 5.74) is 7.52. The van der Waals surface area contributed by atoms with E-state index in [0.29, 0.717) is 0 Å². The van der Waals surface area contributed by atoms with Crippen LogP contribution in [-0.4, -0.2) is 0 Å². The van der Waals surface area contributed by atoms with Gasteiger partial charge >= 0.3 is 0 Å². The van der Waals surface area contributed by atoms with Crippen molar-refractivity contribution in [1.29, 1.82) is 0 Å². The quantitative estimate of drug-likeness (QED) is 0.234. The summed E-state index contributed by atoms with van der Waals surface area (Å²) in [6.07, 6.45) is 0. The first-order chi connectivity index (χ1) is 19.9. The molecule has 1 heterocycles. The Morgan fingerprint density at radius 1 is 0.400 bits per heavy atom. The minimum Gasteiger partial charge on any atom is -0.455 e. The summed E-state index contributed by atoms with van der Waals surface area (Å²) in [5.74, 6) is 0. The minimum atomic E-state index is 0.898. The van der Waals surface area contributed by atoms with Gasteiger partial charge in [-0.15, -0.1) is 0 Å². The lowest BCUT2D eigenvalue weighted by atomic mass is 9.96. The highest BCUT2D eigenvalue weighted by atomic mass is 16.3. The molecule has 0 atom stereocenters. The fourth-order valence-corrected chi connectivity index (χ4v) is 6.06. The molecular weight excluding hydrogens is 486 g/mol. The molecule has 0 N–H and O–H groups in total. The summed E-state index contributed by atoms with van der Waals surface area (Å²) in [6.45, 7) is 0. The van der Waals surface area contributed by atoms with Crippen molar-refractivity contribution in [2.75, 3.05) is 4.90 Å². The number of para-hydroxylation sites is 2. The van der Waals surface area contributed by atoms with Crippen molar-refractivity contribution in [3.63, 3.8) is 0 Å². The van der Waals surface area contributed by atoms with E-state index in [1.54, 1.807) is 0 Å². The molecule has 0 saturated carbocycles. The number of anilines is 3. The second-order valence-electron chi connectivity index (χ2n) is 10.1. The van der Waals surface area contributed by atoms with Gasteiger partial charge in [0.1, 0.15) is 11.2 Å². The molecule has 2 nitrogen and oxygen atoms in total. The zero-order valence-corrected chi connectivity index (χ0v) is 21.8. The van der Waals surface area contributed by atoms with Crippen LogP contribution in [0.15, 0.2) is 156 Å². The third kappa shape index (κ3) is 3.50. The van der Waals surface area contributed by atoms with Crippen molar-refractivity contribution in [3.8, 4) is 11.1 Å². The zero-order valence-electron chi connectivity index (χ0n) is 21.8. The molecule has 0 fully saturated rings. The number of fused-ring (bicyclic) bond motifs is 6. The lowest BCUT2D eigenvalue weighted by molar-refractivity contribution is 0.673. The zero-order chi connectivity index (χ0) is 26.5. The topological polar surface area (TPSA) is 16.4 Å². The first kappa shape index (κ1) is 22.6. The first-order valence-corrected chi connectivity index (χ1v) is 13.6. The SMILES string of the molecule is c1ccc(N(c2ccccc2-c2cccc3oc4c5ccccc5ccc4c23)c2cccc3ccccc23)cc1. The van der Waals surface area contributed by atoms with Crippen LogP contribution in [0.2, 0.25) is 0 Å². The molecule has 2 heteroatoms. The highest BCUT2D eigenvalue weighted by Gasteiger charge is 2.21. The van der Waals surface area contributed by atoms with Crippen molar-refractivity contribution < 1.29 is 4.42 Å². The Morgan fingerprint density at radius 2 is 1.02 bits per heavy atom. The van der Waals surface area contributed by atoms with Crippen molar-refractivity contribution in [1.82, 2.24) is 0 Å². The van der Waals surface area contributed by atoms with Gasteiger partial charge in [-0.2, -0.15) is 0 Å². The first-order valence-electron chi connectivity index (χ1n) is 13.6. The molecule has 1 aromatic heterocycles. The van der Waals surface area contributed by atoms with Crippen LogP contribution in [0, 0.1) is 0 Å². The number of hydrogen-bond donors (Lipinski definition) is 0. The van der Waals surface area contributed by atoms with E-state index < -0.39 is 0 Å². The molecule has 0 saturated heterocycles. The van der Waals surface area contributed by atoms with Crippen molar-refractivity contribution in [2.45, 2.75) is 0 Å². The fourth-order valence-electron chi connectivity index (χ4n) is 6.06. The molecule has 188 valence electrons. The average molecular weight is 512 g/mol. The lowest BCUT2D eigenvalue weighted by Gasteiger charge is -2.29. The second-order valence-corrected chi connectivity index (χ2v) is 10.1. The van der Waals surface area contributed by atoms with Crippen LogP contribution in [0.3, 0.4) is 0 Å². The Labute approximate surface area is 232 Å². The Morgan fingerprint density at radius 3 is 1.90 bits per heavy atom. The molecular formula is C38H25NO. The van der Waals surface area contributed by atoms with Crippen LogP contribution in [0.25, 0.3) is 54.6 Å². The molecule has 0 unspecified atom stereocenters. The molecule has 8 rings (SSSR count). The number of nitrogens with zero attached hydrogens (tertiary/aromatic N) is 1. The number of hydrogen-bond acceptors (Lipinski definition) is 2. The molecule has 0 bridgehead atoms. The Bertz CT molecular complexity index is 2170. The van der Waals surface area contributed by atoms with Crippen LogP contribution in [0.4, 0.5) is 17.1 Å². The van der Waals surface area contributed by atoms with Gasteiger partial charge in [0.15, 0.2) is 0 Å². The molecule has 0 aliphatic carbocycles. The van der Waals surface area contributed by atoms with E-state index >= 15 is 0 Å². The van der Waals surface area contributed by atoms with Gasteiger partial charge < -0.3 is 9.32 Å².